The number of fused-ring (bicyclic) bond motifs is 3. The zero-order chi connectivity index (χ0) is 20.5. The van der Waals surface area contributed by atoms with Gasteiger partial charge in [-0.1, -0.05) is 54.6 Å². The summed E-state index contributed by atoms with van der Waals surface area (Å²) in [7, 11) is 0. The lowest BCUT2D eigenvalue weighted by Crippen LogP contribution is -2.32. The number of benzene rings is 2. The molecule has 1 aromatic heterocycles. The molecule has 3 aromatic rings. The van der Waals surface area contributed by atoms with Crippen molar-refractivity contribution in [3.8, 4) is 0 Å². The number of carbonyl (C=O) groups is 1. The van der Waals surface area contributed by atoms with E-state index in [-0.39, 0.29) is 11.9 Å². The lowest BCUT2D eigenvalue weighted by atomic mass is 9.77. The van der Waals surface area contributed by atoms with Crippen LogP contribution in [0.1, 0.15) is 50.3 Å². The van der Waals surface area contributed by atoms with Gasteiger partial charge in [0.15, 0.2) is 0 Å². The average Bonchev–Trinajstić information content (AvgIpc) is 3.43. The summed E-state index contributed by atoms with van der Waals surface area (Å²) in [6.07, 6.45) is 6.54. The van der Waals surface area contributed by atoms with Crippen molar-refractivity contribution in [1.82, 2.24) is 5.32 Å². The Bertz CT molecular complexity index is 1090. The van der Waals surface area contributed by atoms with Crippen LogP contribution in [0.25, 0.3) is 0 Å². The fraction of sp³-hybridized carbons (Fsp3) is 0.269. The van der Waals surface area contributed by atoms with E-state index >= 15 is 0 Å². The quantitative estimate of drug-likeness (QED) is 0.514. The zero-order valence-electron chi connectivity index (χ0n) is 17.1. The van der Waals surface area contributed by atoms with Gasteiger partial charge in [-0.25, -0.2) is 0 Å². The van der Waals surface area contributed by atoms with E-state index < -0.39 is 0 Å². The van der Waals surface area contributed by atoms with E-state index in [1.165, 1.54) is 21.6 Å². The van der Waals surface area contributed by atoms with E-state index in [4.69, 9.17) is 0 Å². The lowest BCUT2D eigenvalue weighted by molar-refractivity contribution is 0.0954. The number of thiophene rings is 1. The summed E-state index contributed by atoms with van der Waals surface area (Å²) in [4.78, 5) is 14.5. The molecule has 2 heterocycles. The highest BCUT2D eigenvalue weighted by atomic mass is 32.1. The van der Waals surface area contributed by atoms with Crippen LogP contribution in [0.4, 0.5) is 5.69 Å². The fourth-order valence-corrected chi connectivity index (χ4v) is 5.89. The van der Waals surface area contributed by atoms with Crippen LogP contribution in [0, 0.1) is 12.8 Å². The Morgan fingerprint density at radius 3 is 2.80 bits per heavy atom. The number of rotatable bonds is 5. The molecule has 1 amide bonds. The first-order valence-electron chi connectivity index (χ1n) is 10.6. The van der Waals surface area contributed by atoms with Gasteiger partial charge in [0.1, 0.15) is 0 Å². The monoisotopic (exact) mass is 414 g/mol. The van der Waals surface area contributed by atoms with Crippen LogP contribution in [0.2, 0.25) is 0 Å². The second-order valence-electron chi connectivity index (χ2n) is 8.20. The average molecular weight is 415 g/mol. The van der Waals surface area contributed by atoms with Crippen molar-refractivity contribution >= 4 is 22.9 Å². The van der Waals surface area contributed by atoms with Gasteiger partial charge in [0, 0.05) is 17.3 Å². The number of allylic oxidation sites excluding steroid dienone is 2. The van der Waals surface area contributed by atoms with Gasteiger partial charge in [0.05, 0.1) is 17.3 Å². The topological polar surface area (TPSA) is 41.1 Å². The molecule has 2 N–H and O–H groups in total. The first-order chi connectivity index (χ1) is 14.7. The van der Waals surface area contributed by atoms with E-state index in [9.17, 15) is 4.79 Å². The van der Waals surface area contributed by atoms with Gasteiger partial charge in [-0.05, 0) is 59.9 Å². The van der Waals surface area contributed by atoms with Crippen LogP contribution in [0.3, 0.4) is 0 Å². The summed E-state index contributed by atoms with van der Waals surface area (Å²) in [5.74, 6) is 0.869. The maximum atomic E-state index is 13.1. The van der Waals surface area contributed by atoms with Crippen LogP contribution < -0.4 is 10.6 Å². The Hall–Kier alpha value is -2.85. The highest BCUT2D eigenvalue weighted by Crippen LogP contribution is 2.51. The molecule has 5 rings (SSSR count). The normalized spacial score (nSPS) is 21.6. The van der Waals surface area contributed by atoms with E-state index in [0.717, 1.165) is 24.1 Å². The van der Waals surface area contributed by atoms with Crippen LogP contribution >= 0.6 is 11.3 Å². The van der Waals surface area contributed by atoms with Gasteiger partial charge in [-0.3, -0.25) is 4.79 Å². The molecule has 0 bridgehead atoms. The molecule has 152 valence electrons. The lowest BCUT2D eigenvalue weighted by Gasteiger charge is -2.38. The van der Waals surface area contributed by atoms with Gasteiger partial charge in [-0.15, -0.1) is 11.3 Å². The Morgan fingerprint density at radius 2 is 2.00 bits per heavy atom. The summed E-state index contributed by atoms with van der Waals surface area (Å²) in [5, 5.41) is 9.07. The fourth-order valence-electron chi connectivity index (χ4n) is 4.83. The predicted molar refractivity (Wildman–Crippen MR) is 124 cm³/mol. The van der Waals surface area contributed by atoms with Gasteiger partial charge in [-0.2, -0.15) is 0 Å². The number of carbonyl (C=O) groups excluding carboxylic acids is 1. The molecule has 0 radical (unpaired) electrons. The molecule has 30 heavy (non-hydrogen) atoms. The number of hydrogen-bond acceptors (Lipinski definition) is 3. The summed E-state index contributed by atoms with van der Waals surface area (Å²) >= 11 is 1.81. The molecule has 3 nitrogen and oxygen atoms in total. The van der Waals surface area contributed by atoms with E-state index in [1.807, 2.05) is 41.7 Å². The Morgan fingerprint density at radius 1 is 1.13 bits per heavy atom. The first-order valence-corrected chi connectivity index (χ1v) is 11.5. The molecular formula is C26H26N2OS. The van der Waals surface area contributed by atoms with Crippen molar-refractivity contribution in [2.24, 2.45) is 5.92 Å². The third-order valence-electron chi connectivity index (χ3n) is 6.37. The van der Waals surface area contributed by atoms with Gasteiger partial charge >= 0.3 is 0 Å². The third-order valence-corrected chi connectivity index (χ3v) is 7.47. The number of hydrogen-bond donors (Lipinski definition) is 2. The minimum Gasteiger partial charge on any atom is -0.376 e. The van der Waals surface area contributed by atoms with Crippen LogP contribution in [0.5, 0.6) is 0 Å². The smallest absolute Gasteiger partial charge is 0.253 e. The van der Waals surface area contributed by atoms with Crippen molar-refractivity contribution in [2.75, 3.05) is 11.9 Å². The van der Waals surface area contributed by atoms with Gasteiger partial charge < -0.3 is 10.6 Å². The van der Waals surface area contributed by atoms with E-state index in [0.29, 0.717) is 18.4 Å². The predicted octanol–water partition coefficient (Wildman–Crippen LogP) is 5.86. The number of para-hydroxylation sites is 1. The van der Waals surface area contributed by atoms with Crippen molar-refractivity contribution in [2.45, 2.75) is 31.7 Å². The van der Waals surface area contributed by atoms with Crippen LogP contribution in [-0.2, 0) is 6.42 Å². The minimum absolute atomic E-state index is 0.00245. The second kappa shape index (κ2) is 8.11. The second-order valence-corrected chi connectivity index (χ2v) is 9.15. The number of aryl methyl sites for hydroxylation is 1. The Kier molecular flexibility index (Phi) is 5.17. The molecule has 0 saturated carbocycles. The van der Waals surface area contributed by atoms with Crippen LogP contribution in [0.15, 0.2) is 72.1 Å². The summed E-state index contributed by atoms with van der Waals surface area (Å²) in [5.41, 5.74) is 5.56. The molecular weight excluding hydrogens is 388 g/mol. The first kappa shape index (κ1) is 19.1. The highest BCUT2D eigenvalue weighted by Gasteiger charge is 2.40. The van der Waals surface area contributed by atoms with Gasteiger partial charge in [0.2, 0.25) is 0 Å². The molecule has 4 heteroatoms. The minimum atomic E-state index is -0.00245. The standard InChI is InChI=1S/C26H26N2OS/c1-17-14-16-30-25(17)24-21-11-5-9-19(21)20-10-6-12-22(23(20)28-24)26(29)27-15-13-18-7-3-2-4-8-18/h2-10,12,14,16,19,21,24,28H,11,13,15H2,1H3,(H,27,29). The van der Waals surface area contributed by atoms with Gasteiger partial charge in [0.25, 0.3) is 5.91 Å². The number of amides is 1. The molecule has 1 aliphatic carbocycles. The van der Waals surface area contributed by atoms with E-state index in [1.54, 1.807) is 0 Å². The summed E-state index contributed by atoms with van der Waals surface area (Å²) < 4.78 is 0. The van der Waals surface area contributed by atoms with Crippen molar-refractivity contribution < 1.29 is 4.79 Å². The maximum Gasteiger partial charge on any atom is 0.253 e. The largest absolute Gasteiger partial charge is 0.376 e. The Balaban J connectivity index is 1.41. The Labute approximate surface area is 181 Å². The van der Waals surface area contributed by atoms with Crippen molar-refractivity contribution in [3.63, 3.8) is 0 Å². The maximum absolute atomic E-state index is 13.1. The molecule has 3 atom stereocenters. The molecule has 1 aliphatic heterocycles. The number of anilines is 1. The zero-order valence-corrected chi connectivity index (χ0v) is 17.9. The summed E-state index contributed by atoms with van der Waals surface area (Å²) in [6.45, 7) is 2.81. The van der Waals surface area contributed by atoms with Crippen LogP contribution in [-0.4, -0.2) is 12.5 Å². The number of nitrogens with one attached hydrogen (secondary N) is 2. The highest BCUT2D eigenvalue weighted by molar-refractivity contribution is 7.10. The van der Waals surface area contributed by atoms with E-state index in [2.05, 4.69) is 59.4 Å². The molecule has 0 saturated heterocycles. The SMILES string of the molecule is Cc1ccsc1C1Nc2c(C(=O)NCCc3ccccc3)cccc2C2C=CCC21. The molecule has 3 unspecified atom stereocenters. The van der Waals surface area contributed by atoms with Crippen molar-refractivity contribution in [3.05, 3.63) is 99.3 Å². The molecule has 2 aliphatic rings. The molecule has 2 aromatic carbocycles. The summed E-state index contributed by atoms with van der Waals surface area (Å²) in [6, 6.07) is 18.9. The molecule has 0 spiro atoms. The molecule has 0 fully saturated rings. The third kappa shape index (κ3) is 3.46. The van der Waals surface area contributed by atoms with Crippen molar-refractivity contribution in [1.29, 1.82) is 0 Å².